The number of halogens is 1. The lowest BCUT2D eigenvalue weighted by molar-refractivity contribution is -0.140. The van der Waals surface area contributed by atoms with Crippen LogP contribution in [0.3, 0.4) is 0 Å². The molecule has 2 aliphatic carbocycles. The van der Waals surface area contributed by atoms with E-state index in [1.165, 1.54) is 5.56 Å². The van der Waals surface area contributed by atoms with E-state index in [9.17, 15) is 4.79 Å². The molecule has 0 radical (unpaired) electrons. The molecular weight excluding hydrogens is 458 g/mol. The highest BCUT2D eigenvalue weighted by Gasteiger charge is 2.67. The van der Waals surface area contributed by atoms with Crippen molar-refractivity contribution in [1.82, 2.24) is 14.9 Å². The van der Waals surface area contributed by atoms with Crippen molar-refractivity contribution in [1.29, 1.82) is 0 Å². The van der Waals surface area contributed by atoms with Gasteiger partial charge in [0.05, 0.1) is 12.6 Å². The number of aliphatic imine (C=N–C) groups is 1. The van der Waals surface area contributed by atoms with E-state index in [-0.39, 0.29) is 29.9 Å². The van der Waals surface area contributed by atoms with Crippen LogP contribution in [0.15, 0.2) is 46.1 Å². The van der Waals surface area contributed by atoms with Gasteiger partial charge in [0.1, 0.15) is 5.82 Å². The Morgan fingerprint density at radius 1 is 1.32 bits per heavy atom. The Morgan fingerprint density at radius 2 is 2.10 bits per heavy atom. The van der Waals surface area contributed by atoms with Crippen molar-refractivity contribution in [2.75, 3.05) is 7.11 Å². The molecule has 1 aromatic carbocycles. The molecule has 2 spiro atoms. The number of guanidine groups is 1. The summed E-state index contributed by atoms with van der Waals surface area (Å²) in [6.07, 6.45) is 6.97. The van der Waals surface area contributed by atoms with E-state index >= 15 is 0 Å². The van der Waals surface area contributed by atoms with E-state index in [0.717, 1.165) is 35.7 Å². The molecule has 4 atom stereocenters. The molecule has 0 bridgehead atoms. The van der Waals surface area contributed by atoms with Gasteiger partial charge in [-0.3, -0.25) is 9.69 Å². The van der Waals surface area contributed by atoms with E-state index in [0.29, 0.717) is 11.7 Å². The third kappa shape index (κ3) is 2.95. The number of nitrogens with two attached hydrogens (primary N) is 1. The molecule has 5 rings (SSSR count). The van der Waals surface area contributed by atoms with Gasteiger partial charge in [0, 0.05) is 29.4 Å². The molecule has 1 saturated carbocycles. The van der Waals surface area contributed by atoms with E-state index in [4.69, 9.17) is 15.5 Å². The molecule has 2 heterocycles. The molecule has 1 amide bonds. The Balaban J connectivity index is 1.62. The molecule has 8 heteroatoms. The molecule has 1 aliphatic heterocycles. The summed E-state index contributed by atoms with van der Waals surface area (Å²) in [5, 5.41) is 0. The third-order valence-electron chi connectivity index (χ3n) is 7.35. The van der Waals surface area contributed by atoms with Gasteiger partial charge in [-0.15, -0.1) is 0 Å². The summed E-state index contributed by atoms with van der Waals surface area (Å²) >= 11 is 3.60. The predicted octanol–water partition coefficient (Wildman–Crippen LogP) is 3.17. The summed E-state index contributed by atoms with van der Waals surface area (Å²) < 4.78 is 6.66. The van der Waals surface area contributed by atoms with E-state index in [1.807, 2.05) is 12.1 Å². The van der Waals surface area contributed by atoms with Crippen molar-refractivity contribution in [3.63, 3.8) is 0 Å². The summed E-state index contributed by atoms with van der Waals surface area (Å²) in [4.78, 5) is 29.3. The van der Waals surface area contributed by atoms with Gasteiger partial charge in [-0.05, 0) is 60.9 Å². The fourth-order valence-corrected chi connectivity index (χ4v) is 6.38. The van der Waals surface area contributed by atoms with Gasteiger partial charge in [-0.2, -0.15) is 0 Å². The first kappa shape index (κ1) is 20.6. The number of aromatic nitrogens is 2. The Labute approximate surface area is 190 Å². The van der Waals surface area contributed by atoms with Crippen LogP contribution < -0.4 is 5.73 Å². The SMILES string of the molecule is CO[C@H]1CC[C@@]2(Cc3ccc(Br)cc3[C@]23N=C(N)N(Cc2ncccn2)C3=O)C[C@@H]1C. The van der Waals surface area contributed by atoms with Crippen molar-refractivity contribution in [3.8, 4) is 0 Å². The average Bonchev–Trinajstić information content (AvgIpc) is 3.16. The van der Waals surface area contributed by atoms with Gasteiger partial charge in [-0.25, -0.2) is 15.0 Å². The number of methoxy groups -OCH3 is 1. The summed E-state index contributed by atoms with van der Waals surface area (Å²) in [5.41, 5.74) is 7.21. The van der Waals surface area contributed by atoms with Crippen LogP contribution >= 0.6 is 15.9 Å². The molecule has 162 valence electrons. The number of benzene rings is 1. The highest BCUT2D eigenvalue weighted by molar-refractivity contribution is 9.10. The van der Waals surface area contributed by atoms with E-state index in [2.05, 4.69) is 38.9 Å². The third-order valence-corrected chi connectivity index (χ3v) is 7.84. The summed E-state index contributed by atoms with van der Waals surface area (Å²) in [6.45, 7) is 2.43. The lowest BCUT2D eigenvalue weighted by atomic mass is 9.59. The van der Waals surface area contributed by atoms with Gasteiger partial charge in [0.15, 0.2) is 11.5 Å². The van der Waals surface area contributed by atoms with Crippen LogP contribution in [0.2, 0.25) is 0 Å². The molecular formula is C23H26BrN5O2. The number of amides is 1. The standard InChI is InChI=1S/C23H26BrN5O2/c1-14-11-22(7-6-18(14)31-2)12-15-4-5-16(24)10-17(15)23(22)20(30)29(21(25)28-23)13-19-26-8-3-9-27-19/h3-5,8-10,14,18H,6-7,11-13H2,1-2H3,(H2,25,28)/t14-,18-,22-,23+/m0/s1. The fraction of sp³-hybridized carbons (Fsp3) is 0.478. The van der Waals surface area contributed by atoms with Crippen LogP contribution in [0.25, 0.3) is 0 Å². The van der Waals surface area contributed by atoms with Gasteiger partial charge in [-0.1, -0.05) is 28.9 Å². The molecule has 31 heavy (non-hydrogen) atoms. The molecule has 0 saturated heterocycles. The van der Waals surface area contributed by atoms with E-state index < -0.39 is 5.54 Å². The number of carbonyl (C=O) groups excluding carboxylic acids is 1. The lowest BCUT2D eigenvalue weighted by Gasteiger charge is -2.47. The molecule has 3 aliphatic rings. The second kappa shape index (κ2) is 7.38. The molecule has 1 fully saturated rings. The summed E-state index contributed by atoms with van der Waals surface area (Å²) in [6, 6.07) is 7.96. The first-order valence-corrected chi connectivity index (χ1v) is 11.4. The number of nitrogens with zero attached hydrogens (tertiary/aromatic N) is 4. The van der Waals surface area contributed by atoms with Crippen LogP contribution in [0, 0.1) is 11.3 Å². The first-order valence-electron chi connectivity index (χ1n) is 10.6. The highest BCUT2D eigenvalue weighted by atomic mass is 79.9. The van der Waals surface area contributed by atoms with Gasteiger partial charge in [0.2, 0.25) is 0 Å². The van der Waals surface area contributed by atoms with Crippen LogP contribution in [-0.4, -0.2) is 39.9 Å². The van der Waals surface area contributed by atoms with Crippen LogP contribution in [0.1, 0.15) is 43.1 Å². The zero-order valence-corrected chi connectivity index (χ0v) is 19.3. The minimum absolute atomic E-state index is 0.0719. The number of carbonyl (C=O) groups is 1. The number of fused-ring (bicyclic) bond motifs is 3. The quantitative estimate of drug-likeness (QED) is 0.723. The second-order valence-corrected chi connectivity index (χ2v) is 9.91. The maximum Gasteiger partial charge on any atom is 0.262 e. The first-order chi connectivity index (χ1) is 14.9. The second-order valence-electron chi connectivity index (χ2n) is 8.99. The normalized spacial score (nSPS) is 32.0. The monoisotopic (exact) mass is 483 g/mol. The van der Waals surface area contributed by atoms with Crippen molar-refractivity contribution in [2.45, 2.75) is 50.8 Å². The topological polar surface area (TPSA) is 93.7 Å². The Morgan fingerprint density at radius 3 is 2.81 bits per heavy atom. The number of hydrogen-bond donors (Lipinski definition) is 1. The van der Waals surface area contributed by atoms with Crippen LogP contribution in [0.4, 0.5) is 0 Å². The summed E-state index contributed by atoms with van der Waals surface area (Å²) in [5.74, 6) is 1.04. The zero-order valence-electron chi connectivity index (χ0n) is 17.7. The van der Waals surface area contributed by atoms with E-state index in [1.54, 1.807) is 30.5 Å². The molecule has 1 aromatic heterocycles. The van der Waals surface area contributed by atoms with Gasteiger partial charge < -0.3 is 10.5 Å². The van der Waals surface area contributed by atoms with Crippen molar-refractivity contribution >= 4 is 27.8 Å². The maximum atomic E-state index is 14.2. The van der Waals surface area contributed by atoms with Crippen LogP contribution in [-0.2, 0) is 28.0 Å². The Hall–Kier alpha value is -2.32. The molecule has 0 unspecified atom stereocenters. The van der Waals surface area contributed by atoms with Gasteiger partial charge >= 0.3 is 0 Å². The Kier molecular flexibility index (Phi) is 4.90. The lowest BCUT2D eigenvalue weighted by Crippen LogP contribution is -2.53. The van der Waals surface area contributed by atoms with Crippen molar-refractivity contribution < 1.29 is 9.53 Å². The zero-order chi connectivity index (χ0) is 21.8. The van der Waals surface area contributed by atoms with Crippen molar-refractivity contribution in [2.24, 2.45) is 22.1 Å². The largest absolute Gasteiger partial charge is 0.381 e. The van der Waals surface area contributed by atoms with Crippen LogP contribution in [0.5, 0.6) is 0 Å². The predicted molar refractivity (Wildman–Crippen MR) is 120 cm³/mol. The smallest absolute Gasteiger partial charge is 0.262 e. The number of hydrogen-bond acceptors (Lipinski definition) is 6. The Bertz CT molecular complexity index is 1060. The summed E-state index contributed by atoms with van der Waals surface area (Å²) in [7, 11) is 1.77. The number of rotatable bonds is 3. The minimum Gasteiger partial charge on any atom is -0.381 e. The highest BCUT2D eigenvalue weighted by Crippen LogP contribution is 2.63. The molecule has 7 nitrogen and oxygen atoms in total. The average molecular weight is 484 g/mol. The molecule has 2 aromatic rings. The maximum absolute atomic E-state index is 14.2. The number of ether oxygens (including phenoxy) is 1. The fourth-order valence-electron chi connectivity index (χ4n) is 6.02. The molecule has 2 N–H and O–H groups in total. The minimum atomic E-state index is -1.02. The van der Waals surface area contributed by atoms with Gasteiger partial charge in [0.25, 0.3) is 5.91 Å². The van der Waals surface area contributed by atoms with Crippen molar-refractivity contribution in [3.05, 3.63) is 58.1 Å².